The largest absolute Gasteiger partial charge is 0.393 e. The summed E-state index contributed by atoms with van der Waals surface area (Å²) in [6, 6.07) is 3.91. The highest BCUT2D eigenvalue weighted by atomic mass is 16.3. The van der Waals surface area contributed by atoms with E-state index in [4.69, 9.17) is 0 Å². The van der Waals surface area contributed by atoms with Gasteiger partial charge in [0.15, 0.2) is 0 Å². The number of carbonyl (C=O) groups excluding carboxylic acids is 1. The average molecular weight is 248 g/mol. The van der Waals surface area contributed by atoms with E-state index in [0.29, 0.717) is 12.3 Å². The molecule has 1 aromatic heterocycles. The van der Waals surface area contributed by atoms with E-state index in [1.165, 1.54) is 0 Å². The van der Waals surface area contributed by atoms with Crippen molar-refractivity contribution in [2.24, 2.45) is 5.92 Å². The molecule has 1 atom stereocenters. The quantitative estimate of drug-likeness (QED) is 0.825. The van der Waals surface area contributed by atoms with Crippen LogP contribution in [0, 0.1) is 5.92 Å². The summed E-state index contributed by atoms with van der Waals surface area (Å²) >= 11 is 0. The van der Waals surface area contributed by atoms with Crippen LogP contribution in [0.15, 0.2) is 24.5 Å². The summed E-state index contributed by atoms with van der Waals surface area (Å²) in [6.07, 6.45) is 6.17. The van der Waals surface area contributed by atoms with Gasteiger partial charge in [0.05, 0.1) is 12.5 Å². The lowest BCUT2D eigenvalue weighted by Gasteiger charge is -2.37. The van der Waals surface area contributed by atoms with Gasteiger partial charge in [0.25, 0.3) is 0 Å². The van der Waals surface area contributed by atoms with Crippen LogP contribution in [-0.4, -0.2) is 28.1 Å². The van der Waals surface area contributed by atoms with Crippen molar-refractivity contribution in [1.82, 2.24) is 10.3 Å². The number of aliphatic hydroxyl groups excluding tert-OH is 1. The number of aromatic nitrogens is 1. The van der Waals surface area contributed by atoms with E-state index >= 15 is 0 Å². The summed E-state index contributed by atoms with van der Waals surface area (Å²) in [5.74, 6) is 0.487. The predicted molar refractivity (Wildman–Crippen MR) is 68.9 cm³/mol. The minimum absolute atomic E-state index is 0.0504. The molecule has 1 amide bonds. The Morgan fingerprint density at radius 1 is 1.50 bits per heavy atom. The lowest BCUT2D eigenvalue weighted by molar-refractivity contribution is -0.122. The highest BCUT2D eigenvalue weighted by molar-refractivity contribution is 5.78. The molecule has 1 saturated carbocycles. The molecule has 1 aliphatic carbocycles. The van der Waals surface area contributed by atoms with Gasteiger partial charge in [-0.05, 0) is 42.9 Å². The monoisotopic (exact) mass is 248 g/mol. The van der Waals surface area contributed by atoms with Gasteiger partial charge in [-0.2, -0.15) is 0 Å². The zero-order chi connectivity index (χ0) is 13.0. The second-order valence-corrected chi connectivity index (χ2v) is 5.00. The van der Waals surface area contributed by atoms with Gasteiger partial charge in [0.1, 0.15) is 0 Å². The Balaban J connectivity index is 1.82. The lowest BCUT2D eigenvalue weighted by Crippen LogP contribution is -2.47. The number of hydrogen-bond acceptors (Lipinski definition) is 3. The molecule has 0 spiro atoms. The topological polar surface area (TPSA) is 62.2 Å². The second kappa shape index (κ2) is 5.96. The first-order valence-electron chi connectivity index (χ1n) is 6.55. The Labute approximate surface area is 107 Å². The summed E-state index contributed by atoms with van der Waals surface area (Å²) in [5.41, 5.74) is 0.978. The van der Waals surface area contributed by atoms with Crippen LogP contribution in [0.4, 0.5) is 0 Å². The van der Waals surface area contributed by atoms with Gasteiger partial charge in [-0.3, -0.25) is 9.78 Å². The first-order valence-corrected chi connectivity index (χ1v) is 6.55. The summed E-state index contributed by atoms with van der Waals surface area (Å²) in [5, 5.41) is 12.4. The number of pyridine rings is 1. The third kappa shape index (κ3) is 3.29. The normalized spacial score (nSPS) is 24.1. The van der Waals surface area contributed by atoms with Crippen LogP contribution in [0.3, 0.4) is 0 Å². The van der Waals surface area contributed by atoms with Crippen LogP contribution in [0.1, 0.15) is 31.7 Å². The summed E-state index contributed by atoms with van der Waals surface area (Å²) in [4.78, 5) is 15.8. The van der Waals surface area contributed by atoms with Crippen molar-refractivity contribution >= 4 is 5.91 Å². The van der Waals surface area contributed by atoms with E-state index in [1.807, 2.05) is 12.1 Å². The van der Waals surface area contributed by atoms with Crippen LogP contribution >= 0.6 is 0 Å². The van der Waals surface area contributed by atoms with Crippen molar-refractivity contribution in [2.45, 2.75) is 44.8 Å². The van der Waals surface area contributed by atoms with E-state index < -0.39 is 0 Å². The standard InChI is InChI=1S/C14H20N2O2/c1-2-13(11-8-12(17)9-11)16-14(18)7-10-3-5-15-6-4-10/h3-6,11-13,17H,2,7-9H2,1H3,(H,16,18)/t11?,12?,13-/m0/s1. The molecule has 1 aromatic rings. The van der Waals surface area contributed by atoms with Gasteiger partial charge in [0.2, 0.25) is 5.91 Å². The first kappa shape index (κ1) is 13.0. The molecule has 0 bridgehead atoms. The highest BCUT2D eigenvalue weighted by Gasteiger charge is 2.33. The maximum Gasteiger partial charge on any atom is 0.224 e. The number of carbonyl (C=O) groups is 1. The van der Waals surface area contributed by atoms with Crippen molar-refractivity contribution in [3.8, 4) is 0 Å². The van der Waals surface area contributed by atoms with E-state index in [0.717, 1.165) is 24.8 Å². The number of rotatable bonds is 5. The molecular formula is C14H20N2O2. The Kier molecular flexibility index (Phi) is 4.31. The smallest absolute Gasteiger partial charge is 0.224 e. The fraction of sp³-hybridized carbons (Fsp3) is 0.571. The van der Waals surface area contributed by atoms with Crippen LogP contribution < -0.4 is 5.32 Å². The minimum Gasteiger partial charge on any atom is -0.393 e. The van der Waals surface area contributed by atoms with Gasteiger partial charge in [-0.1, -0.05) is 6.92 Å². The van der Waals surface area contributed by atoms with Crippen molar-refractivity contribution in [3.63, 3.8) is 0 Å². The van der Waals surface area contributed by atoms with E-state index in [9.17, 15) is 9.90 Å². The van der Waals surface area contributed by atoms with Crippen LogP contribution in [0.2, 0.25) is 0 Å². The Hall–Kier alpha value is -1.42. The van der Waals surface area contributed by atoms with Crippen LogP contribution in [0.5, 0.6) is 0 Å². The number of amides is 1. The number of hydrogen-bond donors (Lipinski definition) is 2. The SMILES string of the molecule is CC[C@H](NC(=O)Cc1ccncc1)C1CC(O)C1. The second-order valence-electron chi connectivity index (χ2n) is 5.00. The molecule has 4 nitrogen and oxygen atoms in total. The van der Waals surface area contributed by atoms with Crippen LogP contribution in [0.25, 0.3) is 0 Å². The van der Waals surface area contributed by atoms with E-state index in [-0.39, 0.29) is 18.1 Å². The fourth-order valence-electron chi connectivity index (χ4n) is 2.46. The number of nitrogens with one attached hydrogen (secondary N) is 1. The van der Waals surface area contributed by atoms with Crippen molar-refractivity contribution in [1.29, 1.82) is 0 Å². The maximum absolute atomic E-state index is 11.9. The van der Waals surface area contributed by atoms with Crippen molar-refractivity contribution in [3.05, 3.63) is 30.1 Å². The first-order chi connectivity index (χ1) is 8.69. The number of nitrogens with zero attached hydrogens (tertiary/aromatic N) is 1. The number of aliphatic hydroxyl groups is 1. The molecule has 0 aliphatic heterocycles. The fourth-order valence-corrected chi connectivity index (χ4v) is 2.46. The van der Waals surface area contributed by atoms with Crippen LogP contribution in [-0.2, 0) is 11.2 Å². The van der Waals surface area contributed by atoms with E-state index in [2.05, 4.69) is 17.2 Å². The van der Waals surface area contributed by atoms with Gasteiger partial charge in [-0.25, -0.2) is 0 Å². The van der Waals surface area contributed by atoms with Gasteiger partial charge in [0, 0.05) is 18.4 Å². The third-order valence-electron chi connectivity index (χ3n) is 3.62. The molecule has 0 saturated heterocycles. The molecule has 0 aromatic carbocycles. The molecule has 2 rings (SSSR count). The summed E-state index contributed by atoms with van der Waals surface area (Å²) < 4.78 is 0. The van der Waals surface area contributed by atoms with Gasteiger partial charge < -0.3 is 10.4 Å². The van der Waals surface area contributed by atoms with E-state index in [1.54, 1.807) is 12.4 Å². The van der Waals surface area contributed by atoms with Gasteiger partial charge in [-0.15, -0.1) is 0 Å². The zero-order valence-corrected chi connectivity index (χ0v) is 10.7. The Morgan fingerprint density at radius 2 is 2.17 bits per heavy atom. The Bertz CT molecular complexity index is 388. The highest BCUT2D eigenvalue weighted by Crippen LogP contribution is 2.31. The molecule has 1 heterocycles. The molecule has 98 valence electrons. The molecule has 2 N–H and O–H groups in total. The maximum atomic E-state index is 11.9. The van der Waals surface area contributed by atoms with Gasteiger partial charge >= 0.3 is 0 Å². The minimum atomic E-state index is -0.166. The molecular weight excluding hydrogens is 228 g/mol. The molecule has 4 heteroatoms. The Morgan fingerprint density at radius 3 is 2.72 bits per heavy atom. The van der Waals surface area contributed by atoms with Crippen molar-refractivity contribution in [2.75, 3.05) is 0 Å². The summed E-state index contributed by atoms with van der Waals surface area (Å²) in [7, 11) is 0. The average Bonchev–Trinajstić information content (AvgIpc) is 2.34. The zero-order valence-electron chi connectivity index (χ0n) is 10.7. The van der Waals surface area contributed by atoms with Crippen molar-refractivity contribution < 1.29 is 9.90 Å². The molecule has 1 aliphatic rings. The summed E-state index contributed by atoms with van der Waals surface area (Å²) in [6.45, 7) is 2.07. The molecule has 18 heavy (non-hydrogen) atoms. The molecule has 0 unspecified atom stereocenters. The predicted octanol–water partition coefficient (Wildman–Crippen LogP) is 1.29. The molecule has 0 radical (unpaired) electrons. The third-order valence-corrected chi connectivity index (χ3v) is 3.62. The lowest BCUT2D eigenvalue weighted by atomic mass is 9.76. The molecule has 1 fully saturated rings.